The van der Waals surface area contributed by atoms with Gasteiger partial charge in [0.2, 0.25) is 11.8 Å². The van der Waals surface area contributed by atoms with E-state index >= 15 is 0 Å². The maximum atomic E-state index is 12.9. The molecule has 0 atom stereocenters. The maximum Gasteiger partial charge on any atom is 0.407 e. The summed E-state index contributed by atoms with van der Waals surface area (Å²) in [6.45, 7) is 16.6. The van der Waals surface area contributed by atoms with Gasteiger partial charge >= 0.3 is 6.09 Å². The Morgan fingerprint density at radius 2 is 0.860 bits per heavy atom. The molecule has 0 rings (SSSR count). The van der Waals surface area contributed by atoms with Gasteiger partial charge in [0.05, 0.1) is 0 Å². The molecule has 0 fully saturated rings. The molecule has 0 saturated carbocycles. The van der Waals surface area contributed by atoms with Gasteiger partial charge in [0.15, 0.2) is 0 Å². The zero-order valence-electron chi connectivity index (χ0n) is 39.0. The molecule has 57 heavy (non-hydrogen) atoms. The molecule has 0 aromatic carbocycles. The Kier molecular flexibility index (Phi) is 39.6. The monoisotopic (exact) mass is 807 g/mol. The van der Waals surface area contributed by atoms with Crippen molar-refractivity contribution in [2.24, 2.45) is 0 Å². The van der Waals surface area contributed by atoms with Crippen LogP contribution in [0.2, 0.25) is 0 Å². The van der Waals surface area contributed by atoms with E-state index in [1.807, 2.05) is 20.8 Å². The Morgan fingerprint density at radius 3 is 1.35 bits per heavy atom. The summed E-state index contributed by atoms with van der Waals surface area (Å²) >= 11 is 0. The van der Waals surface area contributed by atoms with Gasteiger partial charge in [-0.25, -0.2) is 4.79 Å². The van der Waals surface area contributed by atoms with Gasteiger partial charge in [-0.3, -0.25) is 9.59 Å². The van der Waals surface area contributed by atoms with Crippen LogP contribution in [0.4, 0.5) is 4.79 Å². The number of amides is 3. The molecule has 0 aliphatic carbocycles. The van der Waals surface area contributed by atoms with Gasteiger partial charge in [-0.1, -0.05) is 175 Å². The SMILES string of the molecule is CCCCCCCCCCCNC(=O)CCCCCN(CCCCCCCC(=O)NC(CCCCCCCC)CCCCCCCC)CCNC(=O)OC(C)(C)C. The van der Waals surface area contributed by atoms with Crippen molar-refractivity contribution in [2.45, 2.75) is 265 Å². The second-order valence-electron chi connectivity index (χ2n) is 18.2. The maximum absolute atomic E-state index is 12.9. The number of hydrogen-bond acceptors (Lipinski definition) is 5. The number of carbonyl (C=O) groups excluding carboxylic acids is 3. The molecule has 0 aromatic rings. The lowest BCUT2D eigenvalue weighted by Crippen LogP contribution is -2.38. The van der Waals surface area contributed by atoms with Gasteiger partial charge in [-0.05, 0) is 78.8 Å². The summed E-state index contributed by atoms with van der Waals surface area (Å²) in [4.78, 5) is 40.0. The fourth-order valence-corrected chi connectivity index (χ4v) is 7.60. The third kappa shape index (κ3) is 42.1. The van der Waals surface area contributed by atoms with Crippen molar-refractivity contribution < 1.29 is 19.1 Å². The average Bonchev–Trinajstić information content (AvgIpc) is 3.16. The first-order valence-electron chi connectivity index (χ1n) is 24.9. The highest BCUT2D eigenvalue weighted by Gasteiger charge is 2.16. The molecule has 3 amide bonds. The molecule has 0 radical (unpaired) electrons. The Balaban J connectivity index is 4.44. The summed E-state index contributed by atoms with van der Waals surface area (Å²) in [5.41, 5.74) is -0.507. The van der Waals surface area contributed by atoms with Crippen molar-refractivity contribution in [1.29, 1.82) is 0 Å². The van der Waals surface area contributed by atoms with Crippen molar-refractivity contribution in [2.75, 3.05) is 32.7 Å². The van der Waals surface area contributed by atoms with Crippen molar-refractivity contribution in [3.63, 3.8) is 0 Å². The van der Waals surface area contributed by atoms with Crippen LogP contribution in [-0.4, -0.2) is 67.2 Å². The molecule has 0 saturated heterocycles. The molecule has 0 bridgehead atoms. The predicted molar refractivity (Wildman–Crippen MR) is 245 cm³/mol. The highest BCUT2D eigenvalue weighted by Crippen LogP contribution is 2.16. The second kappa shape index (κ2) is 40.9. The zero-order valence-corrected chi connectivity index (χ0v) is 39.0. The van der Waals surface area contributed by atoms with E-state index in [4.69, 9.17) is 4.74 Å². The zero-order chi connectivity index (χ0) is 42.1. The molecule has 338 valence electrons. The van der Waals surface area contributed by atoms with E-state index < -0.39 is 5.60 Å². The van der Waals surface area contributed by atoms with Crippen LogP contribution in [0.5, 0.6) is 0 Å². The Hall–Kier alpha value is -1.83. The Bertz CT molecular complexity index is 892. The first-order chi connectivity index (χ1) is 27.6. The summed E-state index contributed by atoms with van der Waals surface area (Å²) in [5, 5.41) is 9.48. The lowest BCUT2D eigenvalue weighted by Gasteiger charge is -2.24. The minimum absolute atomic E-state index is 0.187. The molecular formula is C49H98N4O4. The number of alkyl carbamates (subject to hydrolysis) is 1. The Labute approximate surface area is 354 Å². The molecule has 3 N–H and O–H groups in total. The minimum atomic E-state index is -0.507. The number of unbranched alkanes of at least 4 members (excludes halogenated alkanes) is 24. The van der Waals surface area contributed by atoms with Gasteiger partial charge in [-0.2, -0.15) is 0 Å². The molecule has 0 unspecified atom stereocenters. The molecule has 0 spiro atoms. The number of nitrogens with zero attached hydrogens (tertiary/aromatic N) is 1. The smallest absolute Gasteiger partial charge is 0.407 e. The van der Waals surface area contributed by atoms with Crippen molar-refractivity contribution in [3.8, 4) is 0 Å². The molecule has 0 aromatic heterocycles. The Morgan fingerprint density at radius 1 is 0.456 bits per heavy atom. The third-order valence-electron chi connectivity index (χ3n) is 11.1. The van der Waals surface area contributed by atoms with Crippen LogP contribution in [0.25, 0.3) is 0 Å². The van der Waals surface area contributed by atoms with E-state index in [2.05, 4.69) is 41.6 Å². The molecular weight excluding hydrogens is 709 g/mol. The lowest BCUT2D eigenvalue weighted by atomic mass is 9.99. The molecule has 0 aliphatic heterocycles. The van der Waals surface area contributed by atoms with Gasteiger partial charge < -0.3 is 25.6 Å². The van der Waals surface area contributed by atoms with Crippen LogP contribution in [0, 0.1) is 0 Å². The average molecular weight is 807 g/mol. The highest BCUT2D eigenvalue weighted by molar-refractivity contribution is 5.76. The first kappa shape index (κ1) is 55.2. The van der Waals surface area contributed by atoms with Gasteiger partial charge in [0, 0.05) is 38.5 Å². The molecule has 0 heterocycles. The van der Waals surface area contributed by atoms with Crippen molar-refractivity contribution >= 4 is 17.9 Å². The van der Waals surface area contributed by atoms with Crippen molar-refractivity contribution in [1.82, 2.24) is 20.9 Å². The van der Waals surface area contributed by atoms with Crippen molar-refractivity contribution in [3.05, 3.63) is 0 Å². The number of carbonyl (C=O) groups is 3. The summed E-state index contributed by atoms with van der Waals surface area (Å²) in [5.74, 6) is 0.434. The van der Waals surface area contributed by atoms with Crippen LogP contribution in [0.3, 0.4) is 0 Å². The fraction of sp³-hybridized carbons (Fsp3) is 0.939. The van der Waals surface area contributed by atoms with Gasteiger partial charge in [0.1, 0.15) is 5.60 Å². The topological polar surface area (TPSA) is 99.8 Å². The first-order valence-corrected chi connectivity index (χ1v) is 24.9. The summed E-state index contributed by atoms with van der Waals surface area (Å²) in [7, 11) is 0. The number of hydrogen-bond donors (Lipinski definition) is 3. The second-order valence-corrected chi connectivity index (χ2v) is 18.2. The molecule has 8 heteroatoms. The number of rotatable bonds is 42. The predicted octanol–water partition coefficient (Wildman–Crippen LogP) is 13.3. The van der Waals surface area contributed by atoms with Crippen LogP contribution in [0.1, 0.15) is 253 Å². The number of ether oxygens (including phenoxy) is 1. The van der Waals surface area contributed by atoms with E-state index in [1.54, 1.807) is 0 Å². The standard InChI is InChI=1S/C49H98N4O4/c1-7-10-13-16-19-20-21-26-33-40-50-46(54)38-32-28-35-43-53(44-41-51-48(56)57-49(4,5)6)42-34-27-22-25-31-39-47(55)52-45(36-29-23-17-14-11-8-2)37-30-24-18-15-12-9-3/h45H,7-44H2,1-6H3,(H,50,54)(H,51,56)(H,52,55). The quantitative estimate of drug-likeness (QED) is 0.0534. The normalized spacial score (nSPS) is 11.7. The van der Waals surface area contributed by atoms with Crippen LogP contribution >= 0.6 is 0 Å². The van der Waals surface area contributed by atoms with E-state index in [-0.39, 0.29) is 17.9 Å². The summed E-state index contributed by atoms with van der Waals surface area (Å²) in [6, 6.07) is 0.345. The van der Waals surface area contributed by atoms with E-state index in [0.717, 1.165) is 96.8 Å². The third-order valence-corrected chi connectivity index (χ3v) is 11.1. The highest BCUT2D eigenvalue weighted by atomic mass is 16.6. The lowest BCUT2D eigenvalue weighted by molar-refractivity contribution is -0.122. The largest absolute Gasteiger partial charge is 0.444 e. The summed E-state index contributed by atoms with van der Waals surface area (Å²) < 4.78 is 5.43. The fourth-order valence-electron chi connectivity index (χ4n) is 7.60. The van der Waals surface area contributed by atoms with E-state index in [1.165, 1.54) is 128 Å². The minimum Gasteiger partial charge on any atom is -0.444 e. The molecule has 8 nitrogen and oxygen atoms in total. The van der Waals surface area contributed by atoms with Crippen LogP contribution < -0.4 is 16.0 Å². The van der Waals surface area contributed by atoms with E-state index in [9.17, 15) is 14.4 Å². The van der Waals surface area contributed by atoms with E-state index in [0.29, 0.717) is 25.4 Å². The van der Waals surface area contributed by atoms with Crippen LogP contribution in [-0.2, 0) is 14.3 Å². The van der Waals surface area contributed by atoms with Crippen LogP contribution in [0.15, 0.2) is 0 Å². The summed E-state index contributed by atoms with van der Waals surface area (Å²) in [6.07, 6.45) is 38.9. The number of nitrogens with one attached hydrogen (secondary N) is 3. The van der Waals surface area contributed by atoms with Gasteiger partial charge in [-0.15, -0.1) is 0 Å². The van der Waals surface area contributed by atoms with Gasteiger partial charge in [0.25, 0.3) is 0 Å². The molecule has 0 aliphatic rings.